The Balaban J connectivity index is 2.91. The third-order valence-corrected chi connectivity index (χ3v) is 1.99. The molecule has 2 nitrogen and oxygen atoms in total. The molecule has 13 heavy (non-hydrogen) atoms. The van der Waals surface area contributed by atoms with Gasteiger partial charge in [-0.05, 0) is 38.2 Å². The third-order valence-electron chi connectivity index (χ3n) is 1.99. The standard InChI is InChI=1S/C11H15NO/c1-9-6-10(8-13)4-5-11(9)7-12(2)3/h4-6,8H,7H2,1-3H3. The predicted molar refractivity (Wildman–Crippen MR) is 54.0 cm³/mol. The maximum Gasteiger partial charge on any atom is 0.150 e. The molecule has 0 atom stereocenters. The molecule has 0 amide bonds. The smallest absolute Gasteiger partial charge is 0.150 e. The van der Waals surface area contributed by atoms with Gasteiger partial charge in [0.2, 0.25) is 0 Å². The average molecular weight is 177 g/mol. The lowest BCUT2D eigenvalue weighted by molar-refractivity contribution is 0.112. The van der Waals surface area contributed by atoms with Gasteiger partial charge in [0, 0.05) is 12.1 Å². The molecule has 0 fully saturated rings. The fourth-order valence-corrected chi connectivity index (χ4v) is 1.31. The Kier molecular flexibility index (Phi) is 3.20. The summed E-state index contributed by atoms with van der Waals surface area (Å²) in [4.78, 5) is 12.6. The SMILES string of the molecule is Cc1cc(C=O)ccc1CN(C)C. The molecule has 0 heterocycles. The van der Waals surface area contributed by atoms with Crippen LogP contribution in [-0.2, 0) is 6.54 Å². The Morgan fingerprint density at radius 1 is 1.38 bits per heavy atom. The number of hydrogen-bond acceptors (Lipinski definition) is 2. The molecule has 70 valence electrons. The molecule has 0 aliphatic rings. The van der Waals surface area contributed by atoms with Crippen molar-refractivity contribution in [3.8, 4) is 0 Å². The van der Waals surface area contributed by atoms with E-state index in [0.29, 0.717) is 0 Å². The van der Waals surface area contributed by atoms with Gasteiger partial charge in [-0.25, -0.2) is 0 Å². The van der Waals surface area contributed by atoms with Crippen LogP contribution >= 0.6 is 0 Å². The molecule has 1 aromatic rings. The highest BCUT2D eigenvalue weighted by atomic mass is 16.1. The lowest BCUT2D eigenvalue weighted by atomic mass is 10.1. The van der Waals surface area contributed by atoms with Crippen molar-refractivity contribution in [3.05, 3.63) is 34.9 Å². The first-order valence-electron chi connectivity index (χ1n) is 4.33. The van der Waals surface area contributed by atoms with Gasteiger partial charge in [0.25, 0.3) is 0 Å². The number of carbonyl (C=O) groups excluding carboxylic acids is 1. The van der Waals surface area contributed by atoms with Crippen molar-refractivity contribution >= 4 is 6.29 Å². The first-order chi connectivity index (χ1) is 6.13. The number of hydrogen-bond donors (Lipinski definition) is 0. The van der Waals surface area contributed by atoms with Gasteiger partial charge in [0.1, 0.15) is 6.29 Å². The molecule has 0 unspecified atom stereocenters. The molecular weight excluding hydrogens is 162 g/mol. The molecule has 1 rings (SSSR count). The molecular formula is C11H15NO. The van der Waals surface area contributed by atoms with Gasteiger partial charge in [-0.15, -0.1) is 0 Å². The topological polar surface area (TPSA) is 20.3 Å². The third kappa shape index (κ3) is 2.67. The maximum absolute atomic E-state index is 10.5. The number of aryl methyl sites for hydroxylation is 1. The molecule has 0 bridgehead atoms. The van der Waals surface area contributed by atoms with Gasteiger partial charge in [-0.1, -0.05) is 12.1 Å². The van der Waals surface area contributed by atoms with Gasteiger partial charge < -0.3 is 4.90 Å². The molecule has 0 N–H and O–H groups in total. The molecule has 0 radical (unpaired) electrons. The van der Waals surface area contributed by atoms with E-state index in [0.717, 1.165) is 18.4 Å². The Morgan fingerprint density at radius 3 is 2.54 bits per heavy atom. The largest absolute Gasteiger partial charge is 0.305 e. The maximum atomic E-state index is 10.5. The number of aldehydes is 1. The number of carbonyl (C=O) groups is 1. The van der Waals surface area contributed by atoms with E-state index in [1.54, 1.807) is 0 Å². The molecule has 0 saturated carbocycles. The lowest BCUT2D eigenvalue weighted by Gasteiger charge is -2.12. The Labute approximate surface area is 79.2 Å². The van der Waals surface area contributed by atoms with Crippen LogP contribution in [0, 0.1) is 6.92 Å². The fourth-order valence-electron chi connectivity index (χ4n) is 1.31. The summed E-state index contributed by atoms with van der Waals surface area (Å²) >= 11 is 0. The second-order valence-corrected chi connectivity index (χ2v) is 3.54. The van der Waals surface area contributed by atoms with E-state index in [4.69, 9.17) is 0 Å². The molecule has 0 aliphatic heterocycles. The Morgan fingerprint density at radius 2 is 2.08 bits per heavy atom. The molecule has 0 aliphatic carbocycles. The first kappa shape index (κ1) is 9.93. The number of benzene rings is 1. The summed E-state index contributed by atoms with van der Waals surface area (Å²) in [6, 6.07) is 5.80. The highest BCUT2D eigenvalue weighted by Crippen LogP contribution is 2.11. The minimum atomic E-state index is 0.750. The molecule has 1 aromatic carbocycles. The van der Waals surface area contributed by atoms with Crippen LogP contribution in [-0.4, -0.2) is 25.3 Å². The number of rotatable bonds is 3. The van der Waals surface area contributed by atoms with Crippen molar-refractivity contribution in [2.45, 2.75) is 13.5 Å². The summed E-state index contributed by atoms with van der Waals surface area (Å²) in [5, 5.41) is 0. The number of nitrogens with zero attached hydrogens (tertiary/aromatic N) is 1. The molecule has 2 heteroatoms. The minimum absolute atomic E-state index is 0.750. The van der Waals surface area contributed by atoms with Crippen molar-refractivity contribution in [3.63, 3.8) is 0 Å². The Hall–Kier alpha value is -1.15. The van der Waals surface area contributed by atoms with E-state index < -0.39 is 0 Å². The van der Waals surface area contributed by atoms with Crippen LogP contribution in [0.25, 0.3) is 0 Å². The van der Waals surface area contributed by atoms with E-state index in [1.165, 1.54) is 11.1 Å². The van der Waals surface area contributed by atoms with Gasteiger partial charge >= 0.3 is 0 Å². The molecule has 0 aromatic heterocycles. The normalized spacial score (nSPS) is 10.5. The summed E-state index contributed by atoms with van der Waals surface area (Å²) in [6.45, 7) is 2.96. The zero-order valence-corrected chi connectivity index (χ0v) is 8.37. The van der Waals surface area contributed by atoms with Crippen LogP contribution < -0.4 is 0 Å². The molecule has 0 saturated heterocycles. The van der Waals surface area contributed by atoms with Crippen LogP contribution in [0.3, 0.4) is 0 Å². The van der Waals surface area contributed by atoms with E-state index in [-0.39, 0.29) is 0 Å². The van der Waals surface area contributed by atoms with Crippen molar-refractivity contribution in [2.75, 3.05) is 14.1 Å². The zero-order valence-electron chi connectivity index (χ0n) is 8.37. The van der Waals surface area contributed by atoms with Gasteiger partial charge in [-0.3, -0.25) is 4.79 Å². The van der Waals surface area contributed by atoms with Crippen molar-refractivity contribution in [1.29, 1.82) is 0 Å². The van der Waals surface area contributed by atoms with E-state index >= 15 is 0 Å². The monoisotopic (exact) mass is 177 g/mol. The van der Waals surface area contributed by atoms with Gasteiger partial charge in [-0.2, -0.15) is 0 Å². The lowest BCUT2D eigenvalue weighted by Crippen LogP contribution is -2.11. The van der Waals surface area contributed by atoms with E-state index in [1.807, 2.05) is 39.2 Å². The second kappa shape index (κ2) is 4.19. The van der Waals surface area contributed by atoms with Crippen molar-refractivity contribution in [1.82, 2.24) is 4.90 Å². The first-order valence-corrected chi connectivity index (χ1v) is 4.33. The quantitative estimate of drug-likeness (QED) is 0.657. The highest BCUT2D eigenvalue weighted by molar-refractivity contribution is 5.75. The van der Waals surface area contributed by atoms with Crippen molar-refractivity contribution < 1.29 is 4.79 Å². The van der Waals surface area contributed by atoms with Crippen molar-refractivity contribution in [2.24, 2.45) is 0 Å². The average Bonchev–Trinajstić information content (AvgIpc) is 2.08. The zero-order chi connectivity index (χ0) is 9.84. The summed E-state index contributed by atoms with van der Waals surface area (Å²) in [6.07, 6.45) is 0.881. The molecule has 0 spiro atoms. The van der Waals surface area contributed by atoms with Crippen LogP contribution in [0.15, 0.2) is 18.2 Å². The van der Waals surface area contributed by atoms with Crippen LogP contribution in [0.4, 0.5) is 0 Å². The Bertz CT molecular complexity index is 305. The summed E-state index contributed by atoms with van der Waals surface area (Å²) < 4.78 is 0. The van der Waals surface area contributed by atoms with Gasteiger partial charge in [0.05, 0.1) is 0 Å². The van der Waals surface area contributed by atoms with Crippen LogP contribution in [0.5, 0.6) is 0 Å². The van der Waals surface area contributed by atoms with Crippen LogP contribution in [0.2, 0.25) is 0 Å². The second-order valence-electron chi connectivity index (χ2n) is 3.54. The summed E-state index contributed by atoms with van der Waals surface area (Å²) in [5.41, 5.74) is 3.20. The highest BCUT2D eigenvalue weighted by Gasteiger charge is 2.00. The summed E-state index contributed by atoms with van der Waals surface area (Å²) in [7, 11) is 4.07. The van der Waals surface area contributed by atoms with Crippen LogP contribution in [0.1, 0.15) is 21.5 Å². The predicted octanol–water partition coefficient (Wildman–Crippen LogP) is 1.87. The minimum Gasteiger partial charge on any atom is -0.305 e. The fraction of sp³-hybridized carbons (Fsp3) is 0.364. The van der Waals surface area contributed by atoms with E-state index in [9.17, 15) is 4.79 Å². The van der Waals surface area contributed by atoms with Gasteiger partial charge in [0.15, 0.2) is 0 Å². The van der Waals surface area contributed by atoms with E-state index in [2.05, 4.69) is 4.90 Å². The summed E-state index contributed by atoms with van der Waals surface area (Å²) in [5.74, 6) is 0.